The van der Waals surface area contributed by atoms with Crippen LogP contribution in [0, 0.1) is 6.92 Å². The highest BCUT2D eigenvalue weighted by Gasteiger charge is 2.33. The molecule has 0 atom stereocenters. The van der Waals surface area contributed by atoms with Gasteiger partial charge in [-0.05, 0) is 42.3 Å². The number of nitrogens with zero attached hydrogens (tertiary/aromatic N) is 1. The second-order valence-corrected chi connectivity index (χ2v) is 7.37. The molecule has 0 spiro atoms. The number of aromatic hydroxyl groups is 1. The fraction of sp³-hybridized carbons (Fsp3) is 0.375. The van der Waals surface area contributed by atoms with Crippen molar-refractivity contribution in [3.63, 3.8) is 0 Å². The van der Waals surface area contributed by atoms with Gasteiger partial charge in [0.05, 0.1) is 31.5 Å². The zero-order valence-electron chi connectivity index (χ0n) is 18.4. The Hall–Kier alpha value is -2.87. The number of Topliss-reactive ketones (excluding diaryl/α,β-unsaturated/α-hetero) is 1. The van der Waals surface area contributed by atoms with E-state index in [1.54, 1.807) is 40.4 Å². The van der Waals surface area contributed by atoms with E-state index in [0.717, 1.165) is 11.3 Å². The molecule has 0 unspecified atom stereocenters. The molecule has 0 aliphatic carbocycles. The quantitative estimate of drug-likeness (QED) is 0.582. The van der Waals surface area contributed by atoms with Gasteiger partial charge in [-0.1, -0.05) is 12.1 Å². The van der Waals surface area contributed by atoms with Gasteiger partial charge in [0.1, 0.15) is 17.2 Å². The van der Waals surface area contributed by atoms with Crippen molar-refractivity contribution in [3.05, 3.63) is 58.3 Å². The summed E-state index contributed by atoms with van der Waals surface area (Å²) < 4.78 is 21.6. The summed E-state index contributed by atoms with van der Waals surface area (Å²) in [6.45, 7) is 4.61. The minimum Gasteiger partial charge on any atom is -0.507 e. The zero-order chi connectivity index (χ0) is 22.4. The van der Waals surface area contributed by atoms with Gasteiger partial charge in [0.2, 0.25) is 5.78 Å². The Morgan fingerprint density at radius 1 is 1.06 bits per heavy atom. The fourth-order valence-electron chi connectivity index (χ4n) is 3.52. The molecule has 1 N–H and O–H groups in total. The van der Waals surface area contributed by atoms with Crippen LogP contribution >= 0.6 is 0 Å². The predicted octanol–water partition coefficient (Wildman–Crippen LogP) is 3.42. The number of hydrogen-bond donors (Lipinski definition) is 1. The SMILES string of the molecule is COCCN(CCOC)Cc1c(O)cc(C)c2c1O/C(=C/c1ccc(OC)cc1)C2=O. The third-order valence-electron chi connectivity index (χ3n) is 5.24. The van der Waals surface area contributed by atoms with Crippen LogP contribution in [0.2, 0.25) is 0 Å². The molecule has 2 aromatic carbocycles. The Balaban J connectivity index is 1.92. The van der Waals surface area contributed by atoms with E-state index in [0.29, 0.717) is 55.3 Å². The number of hydrogen-bond acceptors (Lipinski definition) is 7. The third-order valence-corrected chi connectivity index (χ3v) is 5.24. The van der Waals surface area contributed by atoms with Gasteiger partial charge in [0, 0.05) is 33.9 Å². The van der Waals surface area contributed by atoms with E-state index in [1.807, 2.05) is 24.3 Å². The zero-order valence-corrected chi connectivity index (χ0v) is 18.4. The van der Waals surface area contributed by atoms with E-state index in [-0.39, 0.29) is 17.3 Å². The van der Waals surface area contributed by atoms with Gasteiger partial charge in [0.15, 0.2) is 5.76 Å². The number of carbonyl (C=O) groups excluding carboxylic acids is 1. The number of fused-ring (bicyclic) bond motifs is 1. The molecule has 0 aromatic heterocycles. The number of phenols is 1. The lowest BCUT2D eigenvalue weighted by atomic mass is 9.99. The van der Waals surface area contributed by atoms with Gasteiger partial charge < -0.3 is 24.1 Å². The standard InChI is InChI=1S/C24H29NO6/c1-16-13-20(26)19(15-25(9-11-28-2)10-12-29-3)24-22(16)23(27)21(31-24)14-17-5-7-18(30-4)8-6-17/h5-8,13-14,26H,9-12,15H2,1-4H3/b21-14+. The monoisotopic (exact) mass is 427 g/mol. The molecule has 1 aliphatic heterocycles. The first-order valence-electron chi connectivity index (χ1n) is 10.1. The van der Waals surface area contributed by atoms with Crippen LogP contribution in [0.3, 0.4) is 0 Å². The first-order valence-corrected chi connectivity index (χ1v) is 10.1. The molecule has 2 aromatic rings. The summed E-state index contributed by atoms with van der Waals surface area (Å²) in [6, 6.07) is 8.98. The maximum Gasteiger partial charge on any atom is 0.232 e. The first-order chi connectivity index (χ1) is 15.0. The van der Waals surface area contributed by atoms with Crippen molar-refractivity contribution in [2.24, 2.45) is 0 Å². The number of benzene rings is 2. The molecule has 1 heterocycles. The number of allylic oxidation sites excluding steroid dienone is 1. The summed E-state index contributed by atoms with van der Waals surface area (Å²) in [5, 5.41) is 10.7. The predicted molar refractivity (Wildman–Crippen MR) is 118 cm³/mol. The van der Waals surface area contributed by atoms with E-state index >= 15 is 0 Å². The minimum absolute atomic E-state index is 0.106. The summed E-state index contributed by atoms with van der Waals surface area (Å²) >= 11 is 0. The molecule has 7 heteroatoms. The van der Waals surface area contributed by atoms with E-state index in [2.05, 4.69) is 4.90 Å². The Morgan fingerprint density at radius 3 is 2.29 bits per heavy atom. The van der Waals surface area contributed by atoms with Crippen molar-refractivity contribution in [1.29, 1.82) is 0 Å². The summed E-state index contributed by atoms with van der Waals surface area (Å²) in [4.78, 5) is 15.2. The van der Waals surface area contributed by atoms with Crippen LogP contribution < -0.4 is 9.47 Å². The number of methoxy groups -OCH3 is 3. The molecular weight excluding hydrogens is 398 g/mol. The second kappa shape index (κ2) is 10.4. The summed E-state index contributed by atoms with van der Waals surface area (Å²) in [6.07, 6.45) is 1.70. The van der Waals surface area contributed by atoms with Gasteiger partial charge in [-0.15, -0.1) is 0 Å². The van der Waals surface area contributed by atoms with E-state index in [9.17, 15) is 9.90 Å². The lowest BCUT2D eigenvalue weighted by molar-refractivity contribution is 0.101. The average Bonchev–Trinajstić information content (AvgIpc) is 3.09. The topological polar surface area (TPSA) is 77.5 Å². The van der Waals surface area contributed by atoms with Crippen LogP contribution in [-0.2, 0) is 16.0 Å². The number of rotatable bonds is 10. The number of carbonyl (C=O) groups is 1. The van der Waals surface area contributed by atoms with Crippen molar-refractivity contribution in [3.8, 4) is 17.2 Å². The van der Waals surface area contributed by atoms with Crippen LogP contribution in [0.1, 0.15) is 27.0 Å². The number of phenolic OH excluding ortho intramolecular Hbond substituents is 1. The van der Waals surface area contributed by atoms with Crippen molar-refractivity contribution >= 4 is 11.9 Å². The normalized spacial score (nSPS) is 14.2. The number of ether oxygens (including phenoxy) is 4. The number of aryl methyl sites for hydroxylation is 1. The lowest BCUT2D eigenvalue weighted by Gasteiger charge is -2.23. The molecule has 0 saturated carbocycles. The molecule has 3 rings (SSSR count). The largest absolute Gasteiger partial charge is 0.507 e. The van der Waals surface area contributed by atoms with Gasteiger partial charge in [-0.25, -0.2) is 0 Å². The summed E-state index contributed by atoms with van der Waals surface area (Å²) in [5.41, 5.74) is 2.58. The van der Waals surface area contributed by atoms with Crippen LogP contribution in [0.15, 0.2) is 36.1 Å². The number of ketones is 1. The molecule has 0 bridgehead atoms. The molecule has 0 radical (unpaired) electrons. The van der Waals surface area contributed by atoms with Crippen LogP contribution in [0.5, 0.6) is 17.2 Å². The van der Waals surface area contributed by atoms with E-state index < -0.39 is 0 Å². The Labute approximate surface area is 182 Å². The Bertz CT molecular complexity index is 944. The van der Waals surface area contributed by atoms with Crippen LogP contribution in [0.25, 0.3) is 6.08 Å². The van der Waals surface area contributed by atoms with E-state index in [1.165, 1.54) is 0 Å². The molecule has 0 saturated heterocycles. The van der Waals surface area contributed by atoms with E-state index in [4.69, 9.17) is 18.9 Å². The van der Waals surface area contributed by atoms with Crippen molar-refractivity contribution in [1.82, 2.24) is 4.90 Å². The van der Waals surface area contributed by atoms with Crippen molar-refractivity contribution in [2.45, 2.75) is 13.5 Å². The molecule has 166 valence electrons. The maximum atomic E-state index is 13.1. The molecular formula is C24H29NO6. The minimum atomic E-state index is -0.190. The average molecular weight is 427 g/mol. The summed E-state index contributed by atoms with van der Waals surface area (Å²) in [7, 11) is 4.90. The second-order valence-electron chi connectivity index (χ2n) is 7.37. The fourth-order valence-corrected chi connectivity index (χ4v) is 3.52. The van der Waals surface area contributed by atoms with Gasteiger partial charge in [0.25, 0.3) is 0 Å². The van der Waals surface area contributed by atoms with Crippen LogP contribution in [-0.4, -0.2) is 63.4 Å². The smallest absolute Gasteiger partial charge is 0.232 e. The third kappa shape index (κ3) is 5.25. The lowest BCUT2D eigenvalue weighted by Crippen LogP contribution is -2.30. The molecule has 7 nitrogen and oxygen atoms in total. The highest BCUT2D eigenvalue weighted by Crippen LogP contribution is 2.42. The highest BCUT2D eigenvalue weighted by atomic mass is 16.5. The first kappa shape index (κ1) is 22.8. The summed E-state index contributed by atoms with van der Waals surface area (Å²) in [5.74, 6) is 1.30. The van der Waals surface area contributed by atoms with Gasteiger partial charge in [-0.2, -0.15) is 0 Å². The molecule has 1 aliphatic rings. The molecule has 31 heavy (non-hydrogen) atoms. The van der Waals surface area contributed by atoms with Gasteiger partial charge >= 0.3 is 0 Å². The van der Waals surface area contributed by atoms with Gasteiger partial charge in [-0.3, -0.25) is 9.69 Å². The molecule has 0 fully saturated rings. The van der Waals surface area contributed by atoms with Crippen molar-refractivity contribution < 1.29 is 28.8 Å². The highest BCUT2D eigenvalue weighted by molar-refractivity contribution is 6.15. The Morgan fingerprint density at radius 2 is 1.71 bits per heavy atom. The Kier molecular flexibility index (Phi) is 7.68. The molecule has 0 amide bonds. The van der Waals surface area contributed by atoms with Crippen LogP contribution in [0.4, 0.5) is 0 Å². The maximum absolute atomic E-state index is 13.1. The van der Waals surface area contributed by atoms with Crippen molar-refractivity contribution in [2.75, 3.05) is 47.6 Å².